The zero-order valence-corrected chi connectivity index (χ0v) is 7.96. The Labute approximate surface area is 73.5 Å². The molecule has 0 radical (unpaired) electrons. The first-order chi connectivity index (χ1) is 5.65. The first kappa shape index (κ1) is 9.52. The van der Waals surface area contributed by atoms with E-state index in [0.717, 1.165) is 12.8 Å². The first-order valence-corrected chi connectivity index (χ1v) is 4.52. The lowest BCUT2D eigenvalue weighted by Gasteiger charge is -2.31. The first-order valence-electron chi connectivity index (χ1n) is 4.52. The second kappa shape index (κ2) is 3.90. The minimum atomic E-state index is 0.0474. The van der Waals surface area contributed by atoms with Crippen LogP contribution in [0.4, 0.5) is 0 Å². The van der Waals surface area contributed by atoms with Gasteiger partial charge in [-0.25, -0.2) is 0 Å². The number of hydrogen-bond donors (Lipinski definition) is 1. The highest BCUT2D eigenvalue weighted by molar-refractivity contribution is 5.78. The summed E-state index contributed by atoms with van der Waals surface area (Å²) in [5, 5.41) is 2.66. The molecule has 2 unspecified atom stereocenters. The third kappa shape index (κ3) is 1.97. The van der Waals surface area contributed by atoms with Crippen molar-refractivity contribution in [2.45, 2.75) is 38.9 Å². The van der Waals surface area contributed by atoms with Gasteiger partial charge in [0.1, 0.15) is 0 Å². The van der Waals surface area contributed by atoms with Crippen LogP contribution in [-0.4, -0.2) is 25.2 Å². The summed E-state index contributed by atoms with van der Waals surface area (Å²) in [6.07, 6.45) is 2.30. The predicted octanol–water partition coefficient (Wildman–Crippen LogP) is 0.936. The van der Waals surface area contributed by atoms with Gasteiger partial charge in [-0.05, 0) is 26.7 Å². The zero-order chi connectivity index (χ0) is 9.14. The zero-order valence-electron chi connectivity index (χ0n) is 7.96. The Bertz CT molecular complexity index is 170. The molecule has 0 bridgehead atoms. The summed E-state index contributed by atoms with van der Waals surface area (Å²) in [5.41, 5.74) is 0. The van der Waals surface area contributed by atoms with Gasteiger partial charge in [-0.2, -0.15) is 0 Å². The lowest BCUT2D eigenvalue weighted by Crippen LogP contribution is -2.40. The van der Waals surface area contributed by atoms with E-state index in [1.54, 1.807) is 7.05 Å². The van der Waals surface area contributed by atoms with Crippen LogP contribution in [0.5, 0.6) is 0 Å². The average Bonchev–Trinajstić information content (AvgIpc) is 2.03. The van der Waals surface area contributed by atoms with Crippen molar-refractivity contribution in [2.75, 3.05) is 7.05 Å². The molecule has 3 atom stereocenters. The van der Waals surface area contributed by atoms with Crippen molar-refractivity contribution in [1.29, 1.82) is 0 Å². The number of amides is 1. The molecule has 0 aromatic rings. The molecule has 1 amide bonds. The molecule has 1 fully saturated rings. The summed E-state index contributed by atoms with van der Waals surface area (Å²) in [6.45, 7) is 4.02. The van der Waals surface area contributed by atoms with Crippen molar-refractivity contribution in [2.24, 2.45) is 5.92 Å². The Morgan fingerprint density at radius 3 is 2.58 bits per heavy atom. The van der Waals surface area contributed by atoms with Crippen LogP contribution in [0.25, 0.3) is 0 Å². The van der Waals surface area contributed by atoms with E-state index in [1.165, 1.54) is 0 Å². The van der Waals surface area contributed by atoms with Crippen LogP contribution in [0.15, 0.2) is 0 Å². The number of ether oxygens (including phenoxy) is 1. The maximum atomic E-state index is 11.3. The molecular formula is C9H17NO2. The van der Waals surface area contributed by atoms with Crippen molar-refractivity contribution < 1.29 is 9.53 Å². The molecule has 1 saturated heterocycles. The summed E-state index contributed by atoms with van der Waals surface area (Å²) in [6, 6.07) is 0. The third-order valence-corrected chi connectivity index (χ3v) is 2.48. The SMILES string of the molecule is CNC(=O)C1CC[C@H](C)OC1C. The quantitative estimate of drug-likeness (QED) is 0.637. The lowest BCUT2D eigenvalue weighted by molar-refractivity contribution is -0.137. The summed E-state index contributed by atoms with van der Waals surface area (Å²) in [5.74, 6) is 0.153. The standard InChI is InChI=1S/C9H17NO2/c1-6-4-5-8(7(2)12-6)9(11)10-3/h6-8H,4-5H2,1-3H3,(H,10,11)/t6-,7?,8?/m0/s1. The largest absolute Gasteiger partial charge is 0.375 e. The number of rotatable bonds is 1. The van der Waals surface area contributed by atoms with Gasteiger partial charge in [0.25, 0.3) is 0 Å². The fourth-order valence-corrected chi connectivity index (χ4v) is 1.71. The van der Waals surface area contributed by atoms with Crippen LogP contribution in [0.1, 0.15) is 26.7 Å². The van der Waals surface area contributed by atoms with Crippen LogP contribution in [-0.2, 0) is 9.53 Å². The van der Waals surface area contributed by atoms with Gasteiger partial charge in [0.05, 0.1) is 18.1 Å². The van der Waals surface area contributed by atoms with E-state index in [0.29, 0.717) is 6.10 Å². The van der Waals surface area contributed by atoms with Crippen LogP contribution >= 0.6 is 0 Å². The fourth-order valence-electron chi connectivity index (χ4n) is 1.71. The Morgan fingerprint density at radius 1 is 1.42 bits per heavy atom. The smallest absolute Gasteiger partial charge is 0.225 e. The Hall–Kier alpha value is -0.570. The summed E-state index contributed by atoms with van der Waals surface area (Å²) >= 11 is 0. The summed E-state index contributed by atoms with van der Waals surface area (Å²) < 4.78 is 5.56. The molecule has 0 saturated carbocycles. The second-order valence-corrected chi connectivity index (χ2v) is 3.45. The monoisotopic (exact) mass is 171 g/mol. The van der Waals surface area contributed by atoms with Gasteiger partial charge >= 0.3 is 0 Å². The minimum Gasteiger partial charge on any atom is -0.375 e. The van der Waals surface area contributed by atoms with Gasteiger partial charge in [0.2, 0.25) is 5.91 Å². The number of carbonyl (C=O) groups excluding carboxylic acids is 1. The van der Waals surface area contributed by atoms with Crippen LogP contribution in [0.2, 0.25) is 0 Å². The highest BCUT2D eigenvalue weighted by Gasteiger charge is 2.30. The topological polar surface area (TPSA) is 38.3 Å². The van der Waals surface area contributed by atoms with E-state index in [4.69, 9.17) is 4.74 Å². The molecule has 0 aromatic heterocycles. The van der Waals surface area contributed by atoms with Crippen molar-refractivity contribution in [1.82, 2.24) is 5.32 Å². The van der Waals surface area contributed by atoms with Gasteiger partial charge < -0.3 is 10.1 Å². The number of nitrogens with one attached hydrogen (secondary N) is 1. The van der Waals surface area contributed by atoms with E-state index in [-0.39, 0.29) is 17.9 Å². The van der Waals surface area contributed by atoms with Gasteiger partial charge in [-0.1, -0.05) is 0 Å². The molecule has 1 rings (SSSR count). The molecule has 1 aliphatic heterocycles. The Morgan fingerprint density at radius 2 is 2.08 bits per heavy atom. The normalized spacial score (nSPS) is 36.1. The third-order valence-electron chi connectivity index (χ3n) is 2.48. The van der Waals surface area contributed by atoms with Crippen molar-refractivity contribution >= 4 is 5.91 Å². The van der Waals surface area contributed by atoms with E-state index in [9.17, 15) is 4.79 Å². The van der Waals surface area contributed by atoms with E-state index < -0.39 is 0 Å². The van der Waals surface area contributed by atoms with Gasteiger partial charge in [0, 0.05) is 7.05 Å². The highest BCUT2D eigenvalue weighted by Crippen LogP contribution is 2.24. The summed E-state index contributed by atoms with van der Waals surface area (Å²) in [4.78, 5) is 11.3. The second-order valence-electron chi connectivity index (χ2n) is 3.45. The molecule has 1 aliphatic rings. The van der Waals surface area contributed by atoms with E-state index >= 15 is 0 Å². The molecule has 0 aromatic carbocycles. The number of carbonyl (C=O) groups is 1. The van der Waals surface area contributed by atoms with Crippen LogP contribution in [0, 0.1) is 5.92 Å². The maximum Gasteiger partial charge on any atom is 0.225 e. The fraction of sp³-hybridized carbons (Fsp3) is 0.889. The number of hydrogen-bond acceptors (Lipinski definition) is 2. The van der Waals surface area contributed by atoms with Gasteiger partial charge in [-0.15, -0.1) is 0 Å². The molecule has 1 N–H and O–H groups in total. The van der Waals surface area contributed by atoms with Crippen molar-refractivity contribution in [3.05, 3.63) is 0 Å². The summed E-state index contributed by atoms with van der Waals surface area (Å²) in [7, 11) is 1.67. The molecular weight excluding hydrogens is 154 g/mol. The average molecular weight is 171 g/mol. The maximum absolute atomic E-state index is 11.3. The van der Waals surface area contributed by atoms with Crippen LogP contribution < -0.4 is 5.32 Å². The van der Waals surface area contributed by atoms with Crippen molar-refractivity contribution in [3.63, 3.8) is 0 Å². The lowest BCUT2D eigenvalue weighted by atomic mass is 9.92. The Balaban J connectivity index is 2.50. The van der Waals surface area contributed by atoms with Gasteiger partial charge in [-0.3, -0.25) is 4.79 Å². The molecule has 12 heavy (non-hydrogen) atoms. The molecule has 3 heteroatoms. The molecule has 0 spiro atoms. The predicted molar refractivity (Wildman–Crippen MR) is 46.8 cm³/mol. The van der Waals surface area contributed by atoms with Gasteiger partial charge in [0.15, 0.2) is 0 Å². The molecule has 3 nitrogen and oxygen atoms in total. The highest BCUT2D eigenvalue weighted by atomic mass is 16.5. The molecule has 1 heterocycles. The van der Waals surface area contributed by atoms with E-state index in [2.05, 4.69) is 12.2 Å². The Kier molecular flexibility index (Phi) is 3.09. The molecule has 70 valence electrons. The van der Waals surface area contributed by atoms with E-state index in [1.807, 2.05) is 6.92 Å². The van der Waals surface area contributed by atoms with Crippen molar-refractivity contribution in [3.8, 4) is 0 Å². The minimum absolute atomic E-state index is 0.0474. The van der Waals surface area contributed by atoms with Crippen LogP contribution in [0.3, 0.4) is 0 Å². The molecule has 0 aliphatic carbocycles.